The van der Waals surface area contributed by atoms with Gasteiger partial charge in [0.15, 0.2) is 0 Å². The second-order valence-corrected chi connectivity index (χ2v) is 6.89. The molecule has 7 nitrogen and oxygen atoms in total. The second-order valence-electron chi connectivity index (χ2n) is 6.89. The van der Waals surface area contributed by atoms with Gasteiger partial charge in [0.1, 0.15) is 12.2 Å². The Bertz CT molecular complexity index is 990. The zero-order valence-electron chi connectivity index (χ0n) is 15.6. The Morgan fingerprint density at radius 3 is 2.74 bits per heavy atom. The highest BCUT2D eigenvalue weighted by Gasteiger charge is 2.21. The normalized spacial score (nSPS) is 12.1. The molecule has 0 bridgehead atoms. The number of carbonyl (C=O) groups is 1. The van der Waals surface area contributed by atoms with E-state index in [2.05, 4.69) is 34.2 Å². The van der Waals surface area contributed by atoms with E-state index in [1.165, 1.54) is 6.33 Å². The lowest BCUT2D eigenvalue weighted by Crippen LogP contribution is -2.31. The first kappa shape index (κ1) is 18.6. The highest BCUT2D eigenvalue weighted by atomic mass is 16.1. The van der Waals surface area contributed by atoms with Gasteiger partial charge in [-0.25, -0.2) is 4.98 Å². The Hall–Kier alpha value is -3.22. The number of nitrogens with one attached hydrogen (secondary N) is 2. The van der Waals surface area contributed by atoms with E-state index in [1.54, 1.807) is 41.2 Å². The van der Waals surface area contributed by atoms with Crippen molar-refractivity contribution in [2.75, 3.05) is 0 Å². The minimum atomic E-state index is -0.242. The number of nitrogens with zero attached hydrogens (tertiary/aromatic N) is 3. The van der Waals surface area contributed by atoms with Gasteiger partial charge in [-0.15, -0.1) is 0 Å². The molecule has 0 radical (unpaired) electrons. The number of carbonyl (C=O) groups excluding carboxylic acids is 1. The third-order valence-corrected chi connectivity index (χ3v) is 4.32. The highest BCUT2D eigenvalue weighted by Crippen LogP contribution is 2.21. The number of amides is 1. The van der Waals surface area contributed by atoms with Crippen LogP contribution in [0.2, 0.25) is 0 Å². The lowest BCUT2D eigenvalue weighted by atomic mass is 10.0. The van der Waals surface area contributed by atoms with Crippen LogP contribution in [0.5, 0.6) is 0 Å². The number of aromatic amines is 1. The van der Waals surface area contributed by atoms with E-state index in [9.17, 15) is 9.59 Å². The molecule has 2 N–H and O–H groups in total. The van der Waals surface area contributed by atoms with Crippen molar-refractivity contribution in [3.63, 3.8) is 0 Å². The molecule has 27 heavy (non-hydrogen) atoms. The van der Waals surface area contributed by atoms with Crippen molar-refractivity contribution in [1.29, 1.82) is 0 Å². The Morgan fingerprint density at radius 1 is 1.26 bits per heavy atom. The van der Waals surface area contributed by atoms with Crippen LogP contribution in [0, 0.1) is 5.92 Å². The standard InChI is InChI=1S/C20H23N5O2/c1-13(2)10-17(18-22-12-23-25(18)3)24-19(26)15-7-4-6-14(11-15)16-8-5-9-21-20(16)27/h4-9,11-13,17H,10H2,1-3H3,(H,21,27)(H,24,26). The highest BCUT2D eigenvalue weighted by molar-refractivity contribution is 5.95. The Kier molecular flexibility index (Phi) is 5.49. The van der Waals surface area contributed by atoms with Crippen LogP contribution in [0.25, 0.3) is 11.1 Å². The molecule has 0 fully saturated rings. The fraction of sp³-hybridized carbons (Fsp3) is 0.300. The average molecular weight is 365 g/mol. The minimum Gasteiger partial charge on any atom is -0.342 e. The molecular formula is C20H23N5O2. The SMILES string of the molecule is CC(C)CC(NC(=O)c1cccc(-c2ccc[nH]c2=O)c1)c1ncnn1C. The monoisotopic (exact) mass is 365 g/mol. The van der Waals surface area contributed by atoms with Crippen molar-refractivity contribution in [1.82, 2.24) is 25.1 Å². The predicted molar refractivity (Wildman–Crippen MR) is 103 cm³/mol. The third-order valence-electron chi connectivity index (χ3n) is 4.32. The number of hydrogen-bond donors (Lipinski definition) is 2. The first-order valence-corrected chi connectivity index (χ1v) is 8.88. The minimum absolute atomic E-state index is 0.188. The van der Waals surface area contributed by atoms with Crippen LogP contribution in [0.4, 0.5) is 0 Å². The zero-order valence-corrected chi connectivity index (χ0v) is 15.6. The average Bonchev–Trinajstić information content (AvgIpc) is 3.07. The number of aryl methyl sites for hydroxylation is 1. The van der Waals surface area contributed by atoms with Gasteiger partial charge in [0.05, 0.1) is 6.04 Å². The number of pyridine rings is 1. The van der Waals surface area contributed by atoms with Gasteiger partial charge in [0.25, 0.3) is 11.5 Å². The summed E-state index contributed by atoms with van der Waals surface area (Å²) in [5.41, 5.74) is 1.53. The molecule has 0 saturated heterocycles. The summed E-state index contributed by atoms with van der Waals surface area (Å²) in [5.74, 6) is 0.881. The maximum absolute atomic E-state index is 12.9. The summed E-state index contributed by atoms with van der Waals surface area (Å²) < 4.78 is 1.67. The van der Waals surface area contributed by atoms with Crippen molar-refractivity contribution in [3.8, 4) is 11.1 Å². The number of H-pyrrole nitrogens is 1. The van der Waals surface area contributed by atoms with E-state index in [4.69, 9.17) is 0 Å². The quantitative estimate of drug-likeness (QED) is 0.702. The summed E-state index contributed by atoms with van der Waals surface area (Å²) in [6.07, 6.45) is 3.81. The molecular weight excluding hydrogens is 342 g/mol. The molecule has 1 unspecified atom stereocenters. The molecule has 1 atom stereocenters. The first-order chi connectivity index (χ1) is 13.0. The smallest absolute Gasteiger partial charge is 0.255 e. The van der Waals surface area contributed by atoms with Crippen LogP contribution < -0.4 is 10.9 Å². The van der Waals surface area contributed by atoms with Crippen LogP contribution >= 0.6 is 0 Å². The molecule has 1 aromatic carbocycles. The van der Waals surface area contributed by atoms with Crippen LogP contribution in [0.15, 0.2) is 53.7 Å². The van der Waals surface area contributed by atoms with Crippen LogP contribution in [0.3, 0.4) is 0 Å². The Morgan fingerprint density at radius 2 is 2.07 bits per heavy atom. The van der Waals surface area contributed by atoms with Gasteiger partial charge in [0, 0.05) is 24.4 Å². The van der Waals surface area contributed by atoms with Gasteiger partial charge in [-0.3, -0.25) is 14.3 Å². The van der Waals surface area contributed by atoms with Gasteiger partial charge in [-0.1, -0.05) is 26.0 Å². The number of aromatic nitrogens is 4. The molecule has 3 rings (SSSR count). The first-order valence-electron chi connectivity index (χ1n) is 8.88. The molecule has 3 aromatic rings. The summed E-state index contributed by atoms with van der Waals surface area (Å²) >= 11 is 0. The summed E-state index contributed by atoms with van der Waals surface area (Å²) in [5, 5.41) is 7.16. The van der Waals surface area contributed by atoms with E-state index < -0.39 is 0 Å². The number of hydrogen-bond acceptors (Lipinski definition) is 4. The summed E-state index contributed by atoms with van der Waals surface area (Å²) in [7, 11) is 1.81. The van der Waals surface area contributed by atoms with E-state index in [0.717, 1.165) is 6.42 Å². The van der Waals surface area contributed by atoms with Crippen LogP contribution in [0.1, 0.15) is 42.5 Å². The van der Waals surface area contributed by atoms with Crippen molar-refractivity contribution in [3.05, 3.63) is 70.7 Å². The Labute approximate surface area is 157 Å². The predicted octanol–water partition coefficient (Wildman–Crippen LogP) is 2.69. The van der Waals surface area contributed by atoms with Gasteiger partial charge in [0.2, 0.25) is 0 Å². The summed E-state index contributed by atoms with van der Waals surface area (Å²) in [6.45, 7) is 4.19. The molecule has 2 aromatic heterocycles. The molecule has 0 aliphatic rings. The van der Waals surface area contributed by atoms with Crippen LogP contribution in [-0.2, 0) is 7.05 Å². The van der Waals surface area contributed by atoms with E-state index >= 15 is 0 Å². The molecule has 1 amide bonds. The Balaban J connectivity index is 1.87. The molecule has 0 saturated carbocycles. The van der Waals surface area contributed by atoms with Crippen molar-refractivity contribution < 1.29 is 4.79 Å². The van der Waals surface area contributed by atoms with Gasteiger partial charge in [-0.05, 0) is 42.2 Å². The lowest BCUT2D eigenvalue weighted by Gasteiger charge is -2.20. The van der Waals surface area contributed by atoms with E-state index in [-0.39, 0.29) is 17.5 Å². The maximum Gasteiger partial charge on any atom is 0.255 e. The van der Waals surface area contributed by atoms with Gasteiger partial charge >= 0.3 is 0 Å². The van der Waals surface area contributed by atoms with Crippen molar-refractivity contribution in [2.45, 2.75) is 26.3 Å². The fourth-order valence-electron chi connectivity index (χ4n) is 3.04. The lowest BCUT2D eigenvalue weighted by molar-refractivity contribution is 0.0929. The molecule has 7 heteroatoms. The van der Waals surface area contributed by atoms with Crippen molar-refractivity contribution in [2.24, 2.45) is 13.0 Å². The van der Waals surface area contributed by atoms with Gasteiger partial charge in [-0.2, -0.15) is 5.10 Å². The molecule has 2 heterocycles. The zero-order chi connectivity index (χ0) is 19.4. The van der Waals surface area contributed by atoms with Gasteiger partial charge < -0.3 is 10.3 Å². The molecule has 0 aliphatic heterocycles. The summed E-state index contributed by atoms with van der Waals surface area (Å²) in [6, 6.07) is 10.3. The van der Waals surface area contributed by atoms with Crippen molar-refractivity contribution >= 4 is 5.91 Å². The number of rotatable bonds is 6. The van der Waals surface area contributed by atoms with E-state index in [1.807, 2.05) is 13.1 Å². The second kappa shape index (κ2) is 7.99. The topological polar surface area (TPSA) is 92.7 Å². The molecule has 0 spiro atoms. The summed E-state index contributed by atoms with van der Waals surface area (Å²) in [4.78, 5) is 31.8. The van der Waals surface area contributed by atoms with E-state index in [0.29, 0.717) is 28.4 Å². The molecule has 0 aliphatic carbocycles. The van der Waals surface area contributed by atoms with Crippen LogP contribution in [-0.4, -0.2) is 25.7 Å². The third kappa shape index (κ3) is 4.31. The maximum atomic E-state index is 12.9. The largest absolute Gasteiger partial charge is 0.342 e. The fourth-order valence-corrected chi connectivity index (χ4v) is 3.04. The molecule has 140 valence electrons. The number of benzene rings is 1.